The zero-order valence-corrected chi connectivity index (χ0v) is 11.6. The van der Waals surface area contributed by atoms with Crippen molar-refractivity contribution >= 4 is 0 Å². The molecule has 4 nitrogen and oxygen atoms in total. The van der Waals surface area contributed by atoms with Crippen molar-refractivity contribution in [1.82, 2.24) is 5.32 Å². The van der Waals surface area contributed by atoms with Crippen LogP contribution in [0.2, 0.25) is 0 Å². The van der Waals surface area contributed by atoms with Crippen LogP contribution in [0.15, 0.2) is 0 Å². The van der Waals surface area contributed by atoms with Crippen molar-refractivity contribution in [3.8, 4) is 0 Å². The Morgan fingerprint density at radius 2 is 1.75 bits per heavy atom. The van der Waals surface area contributed by atoms with Crippen LogP contribution in [0.25, 0.3) is 0 Å². The molecule has 3 N–H and O–H groups in total. The molecule has 0 saturated carbocycles. The molecule has 0 aliphatic rings. The maximum absolute atomic E-state index is 6.13. The molecule has 0 aliphatic heterocycles. The molecule has 0 aliphatic carbocycles. The fourth-order valence-corrected chi connectivity index (χ4v) is 1.17. The average molecular weight is 232 g/mol. The predicted octanol–water partition coefficient (Wildman–Crippen LogP) is 1.00. The van der Waals surface area contributed by atoms with Crippen LogP contribution in [0, 0.1) is 5.41 Å². The SMILES string of the molecule is COCC(CNCC(C)(C)C(C)(C)N)OC. The molecule has 0 amide bonds. The summed E-state index contributed by atoms with van der Waals surface area (Å²) in [7, 11) is 3.38. The summed E-state index contributed by atoms with van der Waals surface area (Å²) in [5.74, 6) is 0. The largest absolute Gasteiger partial charge is 0.382 e. The third kappa shape index (κ3) is 5.25. The van der Waals surface area contributed by atoms with E-state index in [-0.39, 0.29) is 17.1 Å². The van der Waals surface area contributed by atoms with Gasteiger partial charge < -0.3 is 20.5 Å². The Morgan fingerprint density at radius 1 is 1.19 bits per heavy atom. The Labute approximate surface area is 99.9 Å². The predicted molar refractivity (Wildman–Crippen MR) is 67.6 cm³/mol. The highest BCUT2D eigenvalue weighted by Crippen LogP contribution is 2.26. The smallest absolute Gasteiger partial charge is 0.0928 e. The Hall–Kier alpha value is -0.160. The average Bonchev–Trinajstić information content (AvgIpc) is 2.14. The molecule has 0 aromatic heterocycles. The van der Waals surface area contributed by atoms with Gasteiger partial charge in [-0.05, 0) is 19.3 Å². The molecular weight excluding hydrogens is 204 g/mol. The van der Waals surface area contributed by atoms with Crippen LogP contribution in [0.3, 0.4) is 0 Å². The van der Waals surface area contributed by atoms with Gasteiger partial charge in [0.25, 0.3) is 0 Å². The third-order valence-electron chi connectivity index (χ3n) is 3.37. The van der Waals surface area contributed by atoms with E-state index in [1.54, 1.807) is 14.2 Å². The third-order valence-corrected chi connectivity index (χ3v) is 3.37. The van der Waals surface area contributed by atoms with Crippen molar-refractivity contribution in [2.24, 2.45) is 11.1 Å². The van der Waals surface area contributed by atoms with Gasteiger partial charge in [-0.25, -0.2) is 0 Å². The number of ether oxygens (including phenoxy) is 2. The lowest BCUT2D eigenvalue weighted by atomic mass is 9.75. The van der Waals surface area contributed by atoms with E-state index in [2.05, 4.69) is 33.0 Å². The molecule has 0 radical (unpaired) electrons. The van der Waals surface area contributed by atoms with Crippen LogP contribution >= 0.6 is 0 Å². The second-order valence-electron chi connectivity index (χ2n) is 5.55. The first-order valence-electron chi connectivity index (χ1n) is 5.76. The Kier molecular flexibility index (Phi) is 6.48. The molecule has 0 bridgehead atoms. The van der Waals surface area contributed by atoms with E-state index in [1.807, 2.05) is 0 Å². The van der Waals surface area contributed by atoms with Gasteiger partial charge in [0.05, 0.1) is 12.7 Å². The number of methoxy groups -OCH3 is 2. The lowest BCUT2D eigenvalue weighted by Crippen LogP contribution is -2.53. The summed E-state index contributed by atoms with van der Waals surface area (Å²) in [6.45, 7) is 10.7. The highest BCUT2D eigenvalue weighted by atomic mass is 16.5. The quantitative estimate of drug-likeness (QED) is 0.655. The maximum Gasteiger partial charge on any atom is 0.0928 e. The summed E-state index contributed by atoms with van der Waals surface area (Å²) in [5.41, 5.74) is 5.96. The number of hydrogen-bond donors (Lipinski definition) is 2. The molecule has 98 valence electrons. The molecule has 0 rings (SSSR count). The van der Waals surface area contributed by atoms with Gasteiger partial charge in [0.2, 0.25) is 0 Å². The van der Waals surface area contributed by atoms with Crippen molar-refractivity contribution in [3.63, 3.8) is 0 Å². The number of rotatable bonds is 8. The monoisotopic (exact) mass is 232 g/mol. The Balaban J connectivity index is 3.97. The first-order valence-corrected chi connectivity index (χ1v) is 5.76. The molecule has 0 fully saturated rings. The fraction of sp³-hybridized carbons (Fsp3) is 1.00. The van der Waals surface area contributed by atoms with E-state index in [1.165, 1.54) is 0 Å². The van der Waals surface area contributed by atoms with Gasteiger partial charge in [-0.15, -0.1) is 0 Å². The van der Waals surface area contributed by atoms with Crippen molar-refractivity contribution in [3.05, 3.63) is 0 Å². The van der Waals surface area contributed by atoms with Crippen LogP contribution in [0.1, 0.15) is 27.7 Å². The number of nitrogens with one attached hydrogen (secondary N) is 1. The zero-order chi connectivity index (χ0) is 12.8. The summed E-state index contributed by atoms with van der Waals surface area (Å²) < 4.78 is 10.3. The van der Waals surface area contributed by atoms with Gasteiger partial charge in [0.1, 0.15) is 0 Å². The fourth-order valence-electron chi connectivity index (χ4n) is 1.17. The molecule has 4 heteroatoms. The molecule has 0 spiro atoms. The summed E-state index contributed by atoms with van der Waals surface area (Å²) >= 11 is 0. The second kappa shape index (κ2) is 6.55. The van der Waals surface area contributed by atoms with Crippen molar-refractivity contribution in [1.29, 1.82) is 0 Å². The van der Waals surface area contributed by atoms with E-state index < -0.39 is 0 Å². The summed E-state index contributed by atoms with van der Waals surface area (Å²) in [6.07, 6.45) is 0.0988. The van der Waals surface area contributed by atoms with Crippen LogP contribution in [-0.2, 0) is 9.47 Å². The molecule has 0 aromatic carbocycles. The van der Waals surface area contributed by atoms with E-state index >= 15 is 0 Å². The lowest BCUT2D eigenvalue weighted by Gasteiger charge is -2.39. The molecular formula is C12H28N2O2. The molecule has 0 saturated heterocycles. The van der Waals surface area contributed by atoms with Crippen molar-refractivity contribution < 1.29 is 9.47 Å². The standard InChI is InChI=1S/C12H28N2O2/c1-11(2,12(3,4)13)9-14-7-10(16-6)8-15-5/h10,14H,7-9,13H2,1-6H3. The van der Waals surface area contributed by atoms with Gasteiger partial charge in [-0.1, -0.05) is 13.8 Å². The highest BCUT2D eigenvalue weighted by molar-refractivity contribution is 4.91. The van der Waals surface area contributed by atoms with Crippen LogP contribution < -0.4 is 11.1 Å². The molecule has 16 heavy (non-hydrogen) atoms. The lowest BCUT2D eigenvalue weighted by molar-refractivity contribution is 0.0266. The zero-order valence-electron chi connectivity index (χ0n) is 11.6. The Morgan fingerprint density at radius 3 is 2.12 bits per heavy atom. The first-order chi connectivity index (χ1) is 7.24. The maximum atomic E-state index is 6.13. The topological polar surface area (TPSA) is 56.5 Å². The van der Waals surface area contributed by atoms with Gasteiger partial charge >= 0.3 is 0 Å². The number of nitrogens with two attached hydrogens (primary N) is 1. The summed E-state index contributed by atoms with van der Waals surface area (Å²) in [4.78, 5) is 0. The molecule has 1 unspecified atom stereocenters. The summed E-state index contributed by atoms with van der Waals surface area (Å²) in [5, 5.41) is 3.38. The van der Waals surface area contributed by atoms with Crippen LogP contribution in [0.4, 0.5) is 0 Å². The van der Waals surface area contributed by atoms with Crippen LogP contribution in [-0.4, -0.2) is 45.6 Å². The van der Waals surface area contributed by atoms with Gasteiger partial charge in [0, 0.05) is 32.8 Å². The minimum Gasteiger partial charge on any atom is -0.382 e. The van der Waals surface area contributed by atoms with Gasteiger partial charge in [-0.2, -0.15) is 0 Å². The molecule has 1 atom stereocenters. The first kappa shape index (κ1) is 15.8. The normalized spacial score (nSPS) is 15.2. The molecule has 0 heterocycles. The van der Waals surface area contributed by atoms with E-state index in [0.29, 0.717) is 6.61 Å². The van der Waals surface area contributed by atoms with E-state index in [9.17, 15) is 0 Å². The van der Waals surface area contributed by atoms with Gasteiger partial charge in [0.15, 0.2) is 0 Å². The Bertz CT molecular complexity index is 188. The second-order valence-corrected chi connectivity index (χ2v) is 5.55. The minimum atomic E-state index is -0.205. The molecule has 0 aromatic rings. The van der Waals surface area contributed by atoms with Gasteiger partial charge in [-0.3, -0.25) is 0 Å². The minimum absolute atomic E-state index is 0.0400. The van der Waals surface area contributed by atoms with Crippen molar-refractivity contribution in [2.45, 2.75) is 39.3 Å². The van der Waals surface area contributed by atoms with E-state index in [0.717, 1.165) is 13.1 Å². The van der Waals surface area contributed by atoms with Crippen molar-refractivity contribution in [2.75, 3.05) is 33.9 Å². The van der Waals surface area contributed by atoms with Crippen LogP contribution in [0.5, 0.6) is 0 Å². The summed E-state index contributed by atoms with van der Waals surface area (Å²) in [6, 6.07) is 0. The van der Waals surface area contributed by atoms with E-state index in [4.69, 9.17) is 15.2 Å². The number of hydrogen-bond acceptors (Lipinski definition) is 4. The highest BCUT2D eigenvalue weighted by Gasteiger charge is 2.32.